The predicted molar refractivity (Wildman–Crippen MR) is 79.8 cm³/mol. The van der Waals surface area contributed by atoms with Crippen LogP contribution in [0.2, 0.25) is 5.02 Å². The van der Waals surface area contributed by atoms with Crippen LogP contribution >= 0.6 is 23.8 Å². The number of nitrogens with zero attached hydrogens (tertiary/aromatic N) is 1. The number of hydrogen-bond donors (Lipinski definition) is 2. The fraction of sp³-hybridized carbons (Fsp3) is 0.231. The summed E-state index contributed by atoms with van der Waals surface area (Å²) >= 11 is 11.4. The van der Waals surface area contributed by atoms with E-state index in [4.69, 9.17) is 28.9 Å². The van der Waals surface area contributed by atoms with E-state index in [2.05, 4.69) is 5.32 Å². The number of carbonyl (C=O) groups is 1. The van der Waals surface area contributed by atoms with E-state index in [9.17, 15) is 4.79 Å². The van der Waals surface area contributed by atoms with Gasteiger partial charge in [-0.15, -0.1) is 0 Å². The number of carboxylic acids is 1. The van der Waals surface area contributed by atoms with Gasteiger partial charge in [-0.2, -0.15) is 0 Å². The minimum absolute atomic E-state index is 0.167. The molecule has 1 heterocycles. The van der Waals surface area contributed by atoms with Crippen LogP contribution in [0.5, 0.6) is 0 Å². The van der Waals surface area contributed by atoms with Gasteiger partial charge < -0.3 is 10.4 Å². The van der Waals surface area contributed by atoms with Gasteiger partial charge in [-0.05, 0) is 50.3 Å². The van der Waals surface area contributed by atoms with Crippen LogP contribution in [0.1, 0.15) is 24.2 Å². The fourth-order valence-corrected chi connectivity index (χ4v) is 2.36. The molecule has 0 spiro atoms. The number of nitrogens with one attached hydrogen (secondary N) is 1. The molecule has 0 amide bonds. The molecule has 0 saturated heterocycles. The molecule has 2 N–H and O–H groups in total. The molecule has 19 heavy (non-hydrogen) atoms. The number of rotatable bonds is 2. The second-order valence-corrected chi connectivity index (χ2v) is 5.60. The SMILES string of the molecule is CC1(C)C=CN(c2cc(C(=O)O)ccc2Cl)C(=S)N1. The topological polar surface area (TPSA) is 52.6 Å². The Morgan fingerprint density at radius 3 is 2.74 bits per heavy atom. The summed E-state index contributed by atoms with van der Waals surface area (Å²) in [6.07, 6.45) is 3.73. The van der Waals surface area contributed by atoms with E-state index in [1.54, 1.807) is 17.2 Å². The molecule has 1 aromatic rings. The highest BCUT2D eigenvalue weighted by Crippen LogP contribution is 2.29. The van der Waals surface area contributed by atoms with Gasteiger partial charge in [0, 0.05) is 6.20 Å². The zero-order chi connectivity index (χ0) is 14.2. The van der Waals surface area contributed by atoms with Crippen molar-refractivity contribution in [1.29, 1.82) is 0 Å². The summed E-state index contributed by atoms with van der Waals surface area (Å²) in [7, 11) is 0. The molecule has 0 atom stereocenters. The summed E-state index contributed by atoms with van der Waals surface area (Å²) in [6.45, 7) is 3.98. The Labute approximate surface area is 121 Å². The lowest BCUT2D eigenvalue weighted by Gasteiger charge is -2.35. The average Bonchev–Trinajstić information content (AvgIpc) is 2.29. The Bertz CT molecular complexity index is 584. The minimum atomic E-state index is -1.00. The van der Waals surface area contributed by atoms with Crippen LogP contribution in [0.3, 0.4) is 0 Å². The highest BCUT2D eigenvalue weighted by atomic mass is 35.5. The molecule has 1 aliphatic rings. The van der Waals surface area contributed by atoms with Crippen LogP contribution in [0.25, 0.3) is 0 Å². The van der Waals surface area contributed by atoms with Crippen LogP contribution in [0.4, 0.5) is 5.69 Å². The van der Waals surface area contributed by atoms with E-state index in [1.807, 2.05) is 19.9 Å². The maximum Gasteiger partial charge on any atom is 0.335 e. The predicted octanol–water partition coefficient (Wildman–Crippen LogP) is 3.03. The average molecular weight is 297 g/mol. The first-order valence-electron chi connectivity index (χ1n) is 5.64. The number of aromatic carboxylic acids is 1. The Kier molecular flexibility index (Phi) is 3.52. The molecule has 0 unspecified atom stereocenters. The van der Waals surface area contributed by atoms with Gasteiger partial charge in [-0.1, -0.05) is 11.6 Å². The maximum atomic E-state index is 11.0. The third-order valence-corrected chi connectivity index (χ3v) is 3.36. The van der Waals surface area contributed by atoms with Crippen molar-refractivity contribution in [3.05, 3.63) is 41.1 Å². The number of benzene rings is 1. The maximum absolute atomic E-state index is 11.0. The smallest absolute Gasteiger partial charge is 0.335 e. The summed E-state index contributed by atoms with van der Waals surface area (Å²) in [5.74, 6) is -1.00. The van der Waals surface area contributed by atoms with E-state index in [0.717, 1.165) is 0 Å². The van der Waals surface area contributed by atoms with Crippen molar-refractivity contribution in [3.8, 4) is 0 Å². The Morgan fingerprint density at radius 1 is 1.47 bits per heavy atom. The van der Waals surface area contributed by atoms with Crippen molar-refractivity contribution in [3.63, 3.8) is 0 Å². The highest BCUT2D eigenvalue weighted by molar-refractivity contribution is 7.80. The fourth-order valence-electron chi connectivity index (χ4n) is 1.73. The molecule has 0 radical (unpaired) electrons. The molecule has 100 valence electrons. The Hall–Kier alpha value is -1.59. The normalized spacial score (nSPS) is 17.2. The van der Waals surface area contributed by atoms with Gasteiger partial charge in [-0.25, -0.2) is 4.79 Å². The number of anilines is 1. The second kappa shape index (κ2) is 4.83. The summed E-state index contributed by atoms with van der Waals surface area (Å²) in [5.41, 5.74) is 0.482. The molecule has 0 bridgehead atoms. The first-order chi connectivity index (χ1) is 8.80. The highest BCUT2D eigenvalue weighted by Gasteiger charge is 2.25. The van der Waals surface area contributed by atoms with Gasteiger partial charge in [-0.3, -0.25) is 4.90 Å². The summed E-state index contributed by atoms with van der Waals surface area (Å²) in [5, 5.41) is 13.1. The van der Waals surface area contributed by atoms with Crippen molar-refractivity contribution in [2.45, 2.75) is 19.4 Å². The molecular weight excluding hydrogens is 284 g/mol. The van der Waals surface area contributed by atoms with Crippen molar-refractivity contribution in [1.82, 2.24) is 5.32 Å². The van der Waals surface area contributed by atoms with Crippen LogP contribution in [0.15, 0.2) is 30.5 Å². The van der Waals surface area contributed by atoms with Gasteiger partial charge in [0.2, 0.25) is 0 Å². The quantitative estimate of drug-likeness (QED) is 0.822. The lowest BCUT2D eigenvalue weighted by atomic mass is 10.0. The van der Waals surface area contributed by atoms with Crippen LogP contribution in [0, 0.1) is 0 Å². The van der Waals surface area contributed by atoms with Gasteiger partial charge in [0.1, 0.15) is 0 Å². The molecule has 4 nitrogen and oxygen atoms in total. The van der Waals surface area contributed by atoms with E-state index in [1.165, 1.54) is 12.1 Å². The van der Waals surface area contributed by atoms with Gasteiger partial charge in [0.15, 0.2) is 5.11 Å². The third kappa shape index (κ3) is 2.88. The molecule has 0 fully saturated rings. The van der Waals surface area contributed by atoms with Gasteiger partial charge >= 0.3 is 5.97 Å². The molecule has 2 rings (SSSR count). The lowest BCUT2D eigenvalue weighted by molar-refractivity contribution is 0.0697. The molecule has 6 heteroatoms. The molecule has 0 aromatic heterocycles. The summed E-state index contributed by atoms with van der Waals surface area (Å²) in [6, 6.07) is 4.51. The largest absolute Gasteiger partial charge is 0.478 e. The lowest BCUT2D eigenvalue weighted by Crippen LogP contribution is -2.51. The number of carboxylic acid groups (broad SMARTS) is 1. The first kappa shape index (κ1) is 13.8. The zero-order valence-electron chi connectivity index (χ0n) is 10.5. The Balaban J connectivity index is 2.45. The minimum Gasteiger partial charge on any atom is -0.478 e. The molecule has 1 aromatic carbocycles. The van der Waals surface area contributed by atoms with Crippen LogP contribution in [-0.4, -0.2) is 21.7 Å². The Morgan fingerprint density at radius 2 is 2.16 bits per heavy atom. The van der Waals surface area contributed by atoms with Crippen LogP contribution in [-0.2, 0) is 0 Å². The standard InChI is InChI=1S/C13H13ClN2O2S/c1-13(2)5-6-16(12(19)15-13)10-7-8(11(17)18)3-4-9(10)14/h3-7H,1-2H3,(H,15,19)(H,17,18). The summed E-state index contributed by atoms with van der Waals surface area (Å²) in [4.78, 5) is 12.7. The van der Waals surface area contributed by atoms with Crippen LogP contribution < -0.4 is 10.2 Å². The third-order valence-electron chi connectivity index (χ3n) is 2.74. The van der Waals surface area contributed by atoms with Gasteiger partial charge in [0.05, 0.1) is 21.8 Å². The van der Waals surface area contributed by atoms with Crippen molar-refractivity contribution in [2.75, 3.05) is 4.90 Å². The second-order valence-electron chi connectivity index (χ2n) is 4.81. The van der Waals surface area contributed by atoms with E-state index >= 15 is 0 Å². The molecule has 1 aliphatic heterocycles. The molecule has 0 saturated carbocycles. The van der Waals surface area contributed by atoms with Crippen molar-refractivity contribution in [2.24, 2.45) is 0 Å². The summed E-state index contributed by atoms with van der Waals surface area (Å²) < 4.78 is 0. The van der Waals surface area contributed by atoms with E-state index < -0.39 is 5.97 Å². The monoisotopic (exact) mass is 296 g/mol. The van der Waals surface area contributed by atoms with Crippen molar-refractivity contribution >= 4 is 40.6 Å². The van der Waals surface area contributed by atoms with Gasteiger partial charge in [0.25, 0.3) is 0 Å². The first-order valence-corrected chi connectivity index (χ1v) is 6.42. The van der Waals surface area contributed by atoms with E-state index in [-0.39, 0.29) is 11.1 Å². The number of halogens is 1. The number of thiocarbonyl (C=S) groups is 1. The zero-order valence-corrected chi connectivity index (χ0v) is 12.0. The number of hydrogen-bond acceptors (Lipinski definition) is 2. The molecule has 0 aliphatic carbocycles. The molecular formula is C13H13ClN2O2S. The van der Waals surface area contributed by atoms with Crippen molar-refractivity contribution < 1.29 is 9.90 Å². The van der Waals surface area contributed by atoms with E-state index in [0.29, 0.717) is 15.8 Å².